The van der Waals surface area contributed by atoms with E-state index in [0.29, 0.717) is 11.4 Å². The quantitative estimate of drug-likeness (QED) is 0.675. The fourth-order valence-electron chi connectivity index (χ4n) is 3.79. The first-order valence-corrected chi connectivity index (χ1v) is 10.3. The van der Waals surface area contributed by atoms with Crippen molar-refractivity contribution in [2.24, 2.45) is 4.99 Å². The van der Waals surface area contributed by atoms with Crippen LogP contribution in [0.5, 0.6) is 0 Å². The predicted octanol–water partition coefficient (Wildman–Crippen LogP) is 4.57. The molecule has 1 heterocycles. The molecule has 4 rings (SSSR count). The number of hydrogen-bond donors (Lipinski definition) is 1. The number of carbonyl (C=O) groups excluding carboxylic acids is 1. The summed E-state index contributed by atoms with van der Waals surface area (Å²) in [5.74, 6) is -0.0520. The molecule has 0 radical (unpaired) electrons. The maximum atomic E-state index is 13.3. The number of rotatable bonds is 4. The molecule has 1 atom stereocenters. The number of aliphatic hydroxyl groups is 1. The van der Waals surface area contributed by atoms with Crippen molar-refractivity contribution < 1.29 is 9.90 Å². The zero-order valence-electron chi connectivity index (χ0n) is 17.0. The SMILES string of the molecule is Cc1ccccc1CC1N=C(c2ccc(CO)cc2)c2cc(Cl)ccc2N(C)C1=O. The molecule has 5 heteroatoms. The van der Waals surface area contributed by atoms with Crippen LogP contribution in [0.3, 0.4) is 0 Å². The predicted molar refractivity (Wildman–Crippen MR) is 122 cm³/mol. The molecule has 1 aliphatic rings. The van der Waals surface area contributed by atoms with Crippen LogP contribution >= 0.6 is 11.6 Å². The molecule has 1 unspecified atom stereocenters. The average Bonchev–Trinajstić information content (AvgIpc) is 2.86. The van der Waals surface area contributed by atoms with Gasteiger partial charge in [0.05, 0.1) is 18.0 Å². The lowest BCUT2D eigenvalue weighted by Crippen LogP contribution is -2.36. The van der Waals surface area contributed by atoms with Crippen molar-refractivity contribution in [3.05, 3.63) is 99.6 Å². The van der Waals surface area contributed by atoms with E-state index >= 15 is 0 Å². The van der Waals surface area contributed by atoms with Gasteiger partial charge < -0.3 is 10.0 Å². The molecule has 0 saturated carbocycles. The Balaban J connectivity index is 1.87. The lowest BCUT2D eigenvalue weighted by Gasteiger charge is -2.21. The van der Waals surface area contributed by atoms with Crippen LogP contribution in [0.4, 0.5) is 5.69 Å². The van der Waals surface area contributed by atoms with Crippen molar-refractivity contribution in [3.63, 3.8) is 0 Å². The second kappa shape index (κ2) is 8.42. The third kappa shape index (κ3) is 3.89. The third-order valence-electron chi connectivity index (χ3n) is 5.56. The van der Waals surface area contributed by atoms with Crippen molar-refractivity contribution >= 4 is 28.9 Å². The summed E-state index contributed by atoms with van der Waals surface area (Å²) in [6.45, 7) is 2.03. The van der Waals surface area contributed by atoms with Crippen LogP contribution in [0.15, 0.2) is 71.7 Å². The summed E-state index contributed by atoms with van der Waals surface area (Å²) in [7, 11) is 1.78. The molecule has 0 fully saturated rings. The first-order chi connectivity index (χ1) is 14.5. The number of anilines is 1. The Morgan fingerprint density at radius 2 is 1.80 bits per heavy atom. The number of halogens is 1. The standard InChI is InChI=1S/C25H23ClN2O2/c1-16-5-3-4-6-19(16)13-22-25(30)28(2)23-12-11-20(26)14-21(23)24(27-22)18-9-7-17(15-29)8-10-18/h3-12,14,22,29H,13,15H2,1-2H3. The molecule has 0 bridgehead atoms. The lowest BCUT2D eigenvalue weighted by atomic mass is 9.98. The molecule has 4 nitrogen and oxygen atoms in total. The van der Waals surface area contributed by atoms with E-state index in [9.17, 15) is 9.90 Å². The van der Waals surface area contributed by atoms with E-state index in [1.807, 2.05) is 67.6 Å². The smallest absolute Gasteiger partial charge is 0.251 e. The molecule has 0 saturated heterocycles. The normalized spacial score (nSPS) is 16.1. The second-order valence-corrected chi connectivity index (χ2v) is 7.97. The highest BCUT2D eigenvalue weighted by atomic mass is 35.5. The maximum absolute atomic E-state index is 13.3. The van der Waals surface area contributed by atoms with Crippen LogP contribution in [0.25, 0.3) is 0 Å². The molecule has 0 spiro atoms. The van der Waals surface area contributed by atoms with Gasteiger partial charge in [-0.1, -0.05) is 60.1 Å². The second-order valence-electron chi connectivity index (χ2n) is 7.54. The Morgan fingerprint density at radius 1 is 1.07 bits per heavy atom. The summed E-state index contributed by atoms with van der Waals surface area (Å²) in [5.41, 5.74) is 6.28. The lowest BCUT2D eigenvalue weighted by molar-refractivity contribution is -0.119. The minimum Gasteiger partial charge on any atom is -0.392 e. The summed E-state index contributed by atoms with van der Waals surface area (Å²) in [5, 5.41) is 9.97. The molecule has 30 heavy (non-hydrogen) atoms. The van der Waals surface area contributed by atoms with Gasteiger partial charge >= 0.3 is 0 Å². The number of benzene rings is 3. The number of amides is 1. The number of benzodiazepines with no additional fused rings is 1. The molecule has 3 aromatic rings. The Kier molecular flexibility index (Phi) is 5.71. The minimum absolute atomic E-state index is 0.0215. The van der Waals surface area contributed by atoms with E-state index in [-0.39, 0.29) is 12.5 Å². The van der Waals surface area contributed by atoms with Gasteiger partial charge in [0.2, 0.25) is 0 Å². The summed E-state index contributed by atoms with van der Waals surface area (Å²) in [6, 6.07) is 20.6. The number of aliphatic imine (C=N–C) groups is 1. The number of hydrogen-bond acceptors (Lipinski definition) is 3. The third-order valence-corrected chi connectivity index (χ3v) is 5.80. The average molecular weight is 419 g/mol. The van der Waals surface area contributed by atoms with Gasteiger partial charge in [-0.25, -0.2) is 0 Å². The molecule has 3 aromatic carbocycles. The van der Waals surface area contributed by atoms with E-state index in [2.05, 4.69) is 0 Å². The first kappa shape index (κ1) is 20.3. The molecule has 0 aromatic heterocycles. The molecule has 1 amide bonds. The van der Waals surface area contributed by atoms with E-state index in [1.54, 1.807) is 18.0 Å². The van der Waals surface area contributed by atoms with E-state index in [4.69, 9.17) is 16.6 Å². The van der Waals surface area contributed by atoms with Crippen molar-refractivity contribution in [1.82, 2.24) is 0 Å². The highest BCUT2D eigenvalue weighted by Gasteiger charge is 2.30. The topological polar surface area (TPSA) is 52.9 Å². The van der Waals surface area contributed by atoms with Gasteiger partial charge in [-0.3, -0.25) is 9.79 Å². The van der Waals surface area contributed by atoms with Gasteiger partial charge in [0.1, 0.15) is 6.04 Å². The summed E-state index contributed by atoms with van der Waals surface area (Å²) in [6.07, 6.45) is 0.524. The van der Waals surface area contributed by atoms with Gasteiger partial charge in [0, 0.05) is 29.6 Å². The van der Waals surface area contributed by atoms with Gasteiger partial charge in [-0.15, -0.1) is 0 Å². The van der Waals surface area contributed by atoms with Gasteiger partial charge in [0.25, 0.3) is 5.91 Å². The maximum Gasteiger partial charge on any atom is 0.251 e. The Bertz CT molecular complexity index is 1120. The van der Waals surface area contributed by atoms with Crippen LogP contribution in [0, 0.1) is 6.92 Å². The Morgan fingerprint density at radius 3 is 2.50 bits per heavy atom. The largest absolute Gasteiger partial charge is 0.392 e. The monoisotopic (exact) mass is 418 g/mol. The van der Waals surface area contributed by atoms with E-state index in [0.717, 1.165) is 39.2 Å². The molecular formula is C25H23ClN2O2. The van der Waals surface area contributed by atoms with Crippen LogP contribution in [-0.2, 0) is 17.8 Å². The van der Waals surface area contributed by atoms with E-state index in [1.165, 1.54) is 0 Å². The number of fused-ring (bicyclic) bond motifs is 1. The van der Waals surface area contributed by atoms with Gasteiger partial charge in [-0.2, -0.15) is 0 Å². The molecular weight excluding hydrogens is 396 g/mol. The van der Waals surface area contributed by atoms with Crippen molar-refractivity contribution in [2.75, 3.05) is 11.9 Å². The number of carbonyl (C=O) groups is 1. The number of nitrogens with zero attached hydrogens (tertiary/aromatic N) is 2. The first-order valence-electron chi connectivity index (χ1n) is 9.88. The van der Waals surface area contributed by atoms with Gasteiger partial charge in [0.15, 0.2) is 0 Å². The van der Waals surface area contributed by atoms with Crippen LogP contribution in [-0.4, -0.2) is 29.8 Å². The minimum atomic E-state index is -0.546. The van der Waals surface area contributed by atoms with Crippen LogP contribution < -0.4 is 4.90 Å². The van der Waals surface area contributed by atoms with Crippen molar-refractivity contribution in [1.29, 1.82) is 0 Å². The Labute approximate surface area is 181 Å². The molecule has 1 aliphatic heterocycles. The summed E-state index contributed by atoms with van der Waals surface area (Å²) >= 11 is 6.31. The number of likely N-dealkylation sites (N-methyl/N-ethyl adjacent to an activating group) is 1. The van der Waals surface area contributed by atoms with E-state index < -0.39 is 6.04 Å². The zero-order chi connectivity index (χ0) is 21.3. The van der Waals surface area contributed by atoms with Crippen LogP contribution in [0.1, 0.15) is 27.8 Å². The fourth-order valence-corrected chi connectivity index (χ4v) is 3.96. The molecule has 0 aliphatic carbocycles. The van der Waals surface area contributed by atoms with Crippen molar-refractivity contribution in [3.8, 4) is 0 Å². The highest BCUT2D eigenvalue weighted by Crippen LogP contribution is 2.31. The highest BCUT2D eigenvalue weighted by molar-refractivity contribution is 6.32. The summed E-state index contributed by atoms with van der Waals surface area (Å²) < 4.78 is 0. The molecule has 1 N–H and O–H groups in total. The van der Waals surface area contributed by atoms with Crippen LogP contribution in [0.2, 0.25) is 5.02 Å². The number of aliphatic hydroxyl groups excluding tert-OH is 1. The fraction of sp³-hybridized carbons (Fsp3) is 0.200. The zero-order valence-corrected chi connectivity index (χ0v) is 17.7. The van der Waals surface area contributed by atoms with Crippen molar-refractivity contribution in [2.45, 2.75) is 26.0 Å². The molecule has 152 valence electrons. The Hall–Kier alpha value is -2.95. The summed E-state index contributed by atoms with van der Waals surface area (Å²) in [4.78, 5) is 20.0. The number of aryl methyl sites for hydroxylation is 1. The van der Waals surface area contributed by atoms with Gasteiger partial charge in [-0.05, 0) is 41.8 Å².